The van der Waals surface area contributed by atoms with Crippen LogP contribution in [0.5, 0.6) is 0 Å². The lowest BCUT2D eigenvalue weighted by molar-refractivity contribution is -0.336. The molecule has 20 nitrogen and oxygen atoms in total. The first-order valence-corrected chi connectivity index (χ1v) is 19.6. The van der Waals surface area contributed by atoms with Crippen molar-refractivity contribution in [3.8, 4) is 0 Å². The molecule has 0 amide bonds. The molecule has 4 aliphatic heterocycles. The average Bonchev–Trinajstić information content (AvgIpc) is 3.63. The van der Waals surface area contributed by atoms with Gasteiger partial charge in [-0.3, -0.25) is 0 Å². The van der Waals surface area contributed by atoms with E-state index in [1.807, 2.05) is 13.8 Å². The molecule has 330 valence electrons. The first-order chi connectivity index (χ1) is 26.7. The Morgan fingerprint density at radius 1 is 0.719 bits per heavy atom. The van der Waals surface area contributed by atoms with Crippen LogP contribution >= 0.6 is 0 Å². The van der Waals surface area contributed by atoms with Crippen molar-refractivity contribution in [2.75, 3.05) is 39.6 Å². The Morgan fingerprint density at radius 2 is 1.21 bits per heavy atom. The van der Waals surface area contributed by atoms with Crippen molar-refractivity contribution in [2.45, 2.75) is 162 Å². The van der Waals surface area contributed by atoms with Gasteiger partial charge in [0.05, 0.1) is 51.3 Å². The predicted octanol–water partition coefficient (Wildman–Crippen LogP) is -4.53. The van der Waals surface area contributed by atoms with Gasteiger partial charge >= 0.3 is 0 Å². The van der Waals surface area contributed by atoms with Crippen molar-refractivity contribution in [1.29, 1.82) is 0 Å². The number of aliphatic hydroxyl groups is 12. The number of hydrogen-bond acceptors (Lipinski definition) is 20. The summed E-state index contributed by atoms with van der Waals surface area (Å²) in [5.74, 6) is -0.0598. The highest BCUT2D eigenvalue weighted by Gasteiger charge is 2.55. The summed E-state index contributed by atoms with van der Waals surface area (Å²) < 4.78 is 45.9. The molecule has 57 heavy (non-hydrogen) atoms. The van der Waals surface area contributed by atoms with E-state index in [9.17, 15) is 61.3 Å². The van der Waals surface area contributed by atoms with E-state index in [1.54, 1.807) is 0 Å². The van der Waals surface area contributed by atoms with Crippen LogP contribution in [0.2, 0.25) is 0 Å². The Morgan fingerprint density at radius 3 is 1.70 bits per heavy atom. The van der Waals surface area contributed by atoms with Gasteiger partial charge in [-0.05, 0) is 63.2 Å². The van der Waals surface area contributed by atoms with Crippen LogP contribution in [0, 0.1) is 17.3 Å². The van der Waals surface area contributed by atoms with Crippen LogP contribution in [0.1, 0.15) is 52.9 Å². The second-order valence-corrected chi connectivity index (χ2v) is 17.7. The second-order valence-electron chi connectivity index (χ2n) is 17.7. The zero-order chi connectivity index (χ0) is 41.8. The first-order valence-electron chi connectivity index (χ1n) is 19.6. The normalized spacial score (nSPS) is 50.9. The van der Waals surface area contributed by atoms with Gasteiger partial charge in [-0.25, -0.2) is 0 Å². The molecule has 20 heteroatoms. The van der Waals surface area contributed by atoms with Gasteiger partial charge < -0.3 is 99.2 Å². The topological polar surface area (TPSA) is 317 Å². The summed E-state index contributed by atoms with van der Waals surface area (Å²) in [6.07, 6.45) is -18.2. The molecule has 20 atom stereocenters. The molecule has 0 bridgehead atoms. The maximum atomic E-state index is 10.9. The molecule has 2 saturated carbocycles. The fourth-order valence-corrected chi connectivity index (χ4v) is 9.18. The molecule has 6 rings (SSSR count). The van der Waals surface area contributed by atoms with Crippen LogP contribution in [0.3, 0.4) is 0 Å². The minimum atomic E-state index is -1.92. The molecule has 0 radical (unpaired) electrons. The molecule has 0 aromatic rings. The van der Waals surface area contributed by atoms with Gasteiger partial charge in [-0.15, -0.1) is 0 Å². The van der Waals surface area contributed by atoms with E-state index < -0.39 is 136 Å². The Labute approximate surface area is 330 Å². The van der Waals surface area contributed by atoms with E-state index >= 15 is 0 Å². The van der Waals surface area contributed by atoms with Gasteiger partial charge in [0, 0.05) is 0 Å². The second kappa shape index (κ2) is 17.4. The minimum Gasteiger partial charge on any atom is -0.393 e. The van der Waals surface area contributed by atoms with Crippen molar-refractivity contribution >= 4 is 0 Å². The Hall–Kier alpha value is -1.06. The SMILES string of the molecule is C=C1C[C@H](O[C@@H]2O[C@H](CO[C@@H]3OC[C@](O)(CO)[C@H]3O)[C@@H](O)[C@H](O)[C@H]2O)C[C@@]2(C)CC[C@@H](C(C)(C)O[C@@H]3O[C@H](CO[C@@H]4OC[C@](O)(CO)[C@H]4O)[C@@H](O)[C@H](O)[C@H]3O)C[C@@H]12. The lowest BCUT2D eigenvalue weighted by atomic mass is 9.54. The number of aliphatic hydroxyl groups excluding tert-OH is 10. The molecular weight excluding hydrogens is 764 g/mol. The predicted molar refractivity (Wildman–Crippen MR) is 188 cm³/mol. The van der Waals surface area contributed by atoms with E-state index in [1.165, 1.54) is 0 Å². The van der Waals surface area contributed by atoms with Crippen LogP contribution in [0.25, 0.3) is 0 Å². The van der Waals surface area contributed by atoms with Crippen molar-refractivity contribution in [3.63, 3.8) is 0 Å². The zero-order valence-electron chi connectivity index (χ0n) is 32.4. The third-order valence-electron chi connectivity index (χ3n) is 13.2. The summed E-state index contributed by atoms with van der Waals surface area (Å²) in [5, 5.41) is 124. The molecular formula is C37H62O20. The van der Waals surface area contributed by atoms with Crippen molar-refractivity contribution in [1.82, 2.24) is 0 Å². The summed E-state index contributed by atoms with van der Waals surface area (Å²) in [5.41, 5.74) is -4.18. The summed E-state index contributed by atoms with van der Waals surface area (Å²) in [4.78, 5) is 0. The van der Waals surface area contributed by atoms with Crippen molar-refractivity contribution in [2.24, 2.45) is 17.3 Å². The fourth-order valence-electron chi connectivity index (χ4n) is 9.18. The summed E-state index contributed by atoms with van der Waals surface area (Å²) in [6, 6.07) is 0. The van der Waals surface area contributed by atoms with Crippen LogP contribution in [-0.4, -0.2) is 210 Å². The van der Waals surface area contributed by atoms with Gasteiger partial charge in [-0.1, -0.05) is 19.1 Å². The van der Waals surface area contributed by atoms with E-state index in [0.717, 1.165) is 5.57 Å². The van der Waals surface area contributed by atoms with Gasteiger partial charge in [0.1, 0.15) is 72.2 Å². The Bertz CT molecular complexity index is 1370. The quantitative estimate of drug-likeness (QED) is 0.0615. The molecule has 4 saturated heterocycles. The molecule has 6 fully saturated rings. The minimum absolute atomic E-state index is 0.0151. The summed E-state index contributed by atoms with van der Waals surface area (Å²) in [6.45, 7) is 7.09. The molecule has 4 heterocycles. The highest BCUT2D eigenvalue weighted by Crippen LogP contribution is 2.56. The van der Waals surface area contributed by atoms with Crippen molar-refractivity contribution in [3.05, 3.63) is 12.2 Å². The molecule has 12 N–H and O–H groups in total. The Balaban J connectivity index is 1.03. The number of fused-ring (bicyclic) bond motifs is 1. The summed E-state index contributed by atoms with van der Waals surface area (Å²) in [7, 11) is 0. The molecule has 0 unspecified atom stereocenters. The largest absolute Gasteiger partial charge is 0.393 e. The van der Waals surface area contributed by atoms with Gasteiger partial charge in [0.2, 0.25) is 0 Å². The summed E-state index contributed by atoms with van der Waals surface area (Å²) >= 11 is 0. The van der Waals surface area contributed by atoms with Crippen LogP contribution in [-0.2, 0) is 37.9 Å². The number of rotatable bonds is 13. The molecule has 2 aliphatic carbocycles. The van der Waals surface area contributed by atoms with Crippen molar-refractivity contribution < 1.29 is 99.2 Å². The van der Waals surface area contributed by atoms with Crippen LogP contribution in [0.15, 0.2) is 12.2 Å². The highest BCUT2D eigenvalue weighted by atomic mass is 16.7. The Kier molecular flexibility index (Phi) is 13.9. The number of hydrogen-bond donors (Lipinski definition) is 12. The van der Waals surface area contributed by atoms with Crippen LogP contribution < -0.4 is 0 Å². The van der Waals surface area contributed by atoms with Gasteiger partial charge in [-0.2, -0.15) is 0 Å². The molecule has 0 aromatic heterocycles. The maximum absolute atomic E-state index is 10.9. The van der Waals surface area contributed by atoms with E-state index in [-0.39, 0.29) is 30.5 Å². The molecule has 0 spiro atoms. The first kappa shape index (κ1) is 45.5. The maximum Gasteiger partial charge on any atom is 0.187 e. The fraction of sp³-hybridized carbons (Fsp3) is 0.946. The molecule has 0 aromatic carbocycles. The lowest BCUT2D eigenvalue weighted by Crippen LogP contribution is -2.61. The van der Waals surface area contributed by atoms with E-state index in [2.05, 4.69) is 13.5 Å². The smallest absolute Gasteiger partial charge is 0.187 e. The molecule has 6 aliphatic rings. The zero-order valence-corrected chi connectivity index (χ0v) is 32.4. The third kappa shape index (κ3) is 8.98. The van der Waals surface area contributed by atoms with Gasteiger partial charge in [0.25, 0.3) is 0 Å². The van der Waals surface area contributed by atoms with E-state index in [4.69, 9.17) is 37.9 Å². The standard InChI is InChI=1S/C37H62O20/c1-16-7-18(54-30-26(44)24(42)22(40)20(55-30)10-50-32-28(46)36(48,12-38)14-52-32)9-35(4)6-5-17(8-19(16)35)34(2,3)57-31-27(45)25(43)23(41)21(56-31)11-51-33-29(47)37(49,13-39)15-53-33/h17-33,38-49H,1,5-15H2,2-4H3/t17-,18+,19+,20-,21-,22-,23-,24+,25+,26-,27-,28+,29+,30-,31+,32-,33-,35-,36-,37-/m1/s1. The monoisotopic (exact) mass is 826 g/mol. The van der Waals surface area contributed by atoms with Gasteiger partial charge in [0.15, 0.2) is 25.2 Å². The lowest BCUT2D eigenvalue weighted by Gasteiger charge is -2.54. The third-order valence-corrected chi connectivity index (χ3v) is 13.2. The average molecular weight is 827 g/mol. The van der Waals surface area contributed by atoms with Crippen LogP contribution in [0.4, 0.5) is 0 Å². The number of ether oxygens (including phenoxy) is 8. The highest BCUT2D eigenvalue weighted by molar-refractivity contribution is 5.16. The van der Waals surface area contributed by atoms with E-state index in [0.29, 0.717) is 32.1 Å².